The molecule has 2 aromatic rings. The largest absolute Gasteiger partial charge is 0.377 e. The van der Waals surface area contributed by atoms with Crippen LogP contribution < -0.4 is 5.32 Å². The molecule has 0 bridgehead atoms. The molecule has 0 aliphatic carbocycles. The number of nitrogens with one attached hydrogen (secondary N) is 1. The maximum atomic E-state index is 6.12. The molecule has 29 heavy (non-hydrogen) atoms. The van der Waals surface area contributed by atoms with E-state index in [1.807, 2.05) is 36.1 Å². The van der Waals surface area contributed by atoms with Crippen LogP contribution in [0.4, 0.5) is 0 Å². The van der Waals surface area contributed by atoms with E-state index in [4.69, 9.17) is 4.74 Å². The van der Waals surface area contributed by atoms with E-state index < -0.39 is 0 Å². The van der Waals surface area contributed by atoms with Gasteiger partial charge in [0.15, 0.2) is 5.96 Å². The molecule has 1 N–H and O–H groups in total. The molecule has 1 aromatic carbocycles. The molecule has 2 atom stereocenters. The number of hydrogen-bond donors (Lipinski definition) is 1. The molecule has 1 saturated heterocycles. The predicted octanol–water partition coefficient (Wildman–Crippen LogP) is 3.72. The zero-order valence-corrected chi connectivity index (χ0v) is 18.4. The van der Waals surface area contributed by atoms with Crippen LogP contribution >= 0.6 is 0 Å². The molecule has 6 heteroatoms. The third-order valence-electron chi connectivity index (χ3n) is 5.47. The number of ether oxygens (including phenoxy) is 1. The predicted molar refractivity (Wildman–Crippen MR) is 118 cm³/mol. The summed E-state index contributed by atoms with van der Waals surface area (Å²) >= 11 is 0. The number of guanidine groups is 1. The van der Waals surface area contributed by atoms with Crippen LogP contribution in [0.15, 0.2) is 47.7 Å². The van der Waals surface area contributed by atoms with Crippen LogP contribution in [0.3, 0.4) is 0 Å². The van der Waals surface area contributed by atoms with Crippen LogP contribution in [0, 0.1) is 11.3 Å². The van der Waals surface area contributed by atoms with Gasteiger partial charge in [-0.2, -0.15) is 5.10 Å². The van der Waals surface area contributed by atoms with Crippen LogP contribution in [0.25, 0.3) is 5.69 Å². The topological polar surface area (TPSA) is 54.7 Å². The lowest BCUT2D eigenvalue weighted by molar-refractivity contribution is -0.0836. The first-order chi connectivity index (χ1) is 13.9. The van der Waals surface area contributed by atoms with Gasteiger partial charge in [0.25, 0.3) is 0 Å². The summed E-state index contributed by atoms with van der Waals surface area (Å²) in [5.74, 6) is 1.39. The molecule has 1 aromatic heterocycles. The zero-order valence-electron chi connectivity index (χ0n) is 18.4. The van der Waals surface area contributed by atoms with Crippen molar-refractivity contribution < 1.29 is 4.74 Å². The molecule has 1 aliphatic rings. The van der Waals surface area contributed by atoms with Crippen LogP contribution in [-0.2, 0) is 11.3 Å². The number of nitrogens with zero attached hydrogens (tertiary/aromatic N) is 4. The van der Waals surface area contributed by atoms with Gasteiger partial charge in [0.2, 0.25) is 0 Å². The number of rotatable bonds is 5. The van der Waals surface area contributed by atoms with Gasteiger partial charge in [0, 0.05) is 51.5 Å². The number of benzene rings is 1. The van der Waals surface area contributed by atoms with Crippen molar-refractivity contribution in [3.05, 3.63) is 48.3 Å². The van der Waals surface area contributed by atoms with E-state index in [0.717, 1.165) is 43.3 Å². The second-order valence-electron chi connectivity index (χ2n) is 8.97. The second kappa shape index (κ2) is 9.44. The average molecular weight is 398 g/mol. The van der Waals surface area contributed by atoms with E-state index in [1.54, 1.807) is 0 Å². The Morgan fingerprint density at radius 1 is 1.31 bits per heavy atom. The van der Waals surface area contributed by atoms with Gasteiger partial charge in [-0.25, -0.2) is 4.68 Å². The standard InChI is InChI=1S/C23H35N5O/c1-23(2,3)21-19(10-9-13-29-21)15-25-22(24-4)27(5)16-18-14-26-28(17-18)20-11-7-6-8-12-20/h6-8,11-12,14,17,19,21H,9-10,13,15-16H2,1-5H3,(H,24,25). The van der Waals surface area contributed by atoms with Gasteiger partial charge in [-0.1, -0.05) is 39.0 Å². The normalized spacial score (nSPS) is 20.5. The third-order valence-corrected chi connectivity index (χ3v) is 5.47. The summed E-state index contributed by atoms with van der Waals surface area (Å²) < 4.78 is 8.03. The Balaban J connectivity index is 1.58. The van der Waals surface area contributed by atoms with E-state index in [-0.39, 0.29) is 11.5 Å². The number of aromatic nitrogens is 2. The van der Waals surface area contributed by atoms with Gasteiger partial charge in [0.05, 0.1) is 18.0 Å². The Kier molecular flexibility index (Phi) is 6.96. The summed E-state index contributed by atoms with van der Waals surface area (Å²) in [4.78, 5) is 6.63. The molecule has 0 spiro atoms. The average Bonchev–Trinajstić information content (AvgIpc) is 3.17. The van der Waals surface area contributed by atoms with Gasteiger partial charge in [-0.05, 0) is 30.4 Å². The Hall–Kier alpha value is -2.34. The highest BCUT2D eigenvalue weighted by Crippen LogP contribution is 2.33. The quantitative estimate of drug-likeness (QED) is 0.617. The summed E-state index contributed by atoms with van der Waals surface area (Å²) in [6, 6.07) is 10.2. The summed E-state index contributed by atoms with van der Waals surface area (Å²) in [6.07, 6.45) is 6.59. The minimum Gasteiger partial charge on any atom is -0.377 e. The number of para-hydroxylation sites is 1. The molecule has 6 nitrogen and oxygen atoms in total. The van der Waals surface area contributed by atoms with Crippen LogP contribution in [0.2, 0.25) is 0 Å². The molecule has 3 rings (SSSR count). The van der Waals surface area contributed by atoms with Gasteiger partial charge < -0.3 is 15.0 Å². The van der Waals surface area contributed by atoms with Gasteiger partial charge in [0.1, 0.15) is 0 Å². The van der Waals surface area contributed by atoms with E-state index >= 15 is 0 Å². The molecule has 158 valence electrons. The van der Waals surface area contributed by atoms with Crippen molar-refractivity contribution in [1.82, 2.24) is 20.0 Å². The fourth-order valence-corrected chi connectivity index (χ4v) is 4.13. The van der Waals surface area contributed by atoms with E-state index in [2.05, 4.69) is 66.5 Å². The molecule has 0 saturated carbocycles. The fourth-order valence-electron chi connectivity index (χ4n) is 4.13. The van der Waals surface area contributed by atoms with Crippen molar-refractivity contribution in [2.75, 3.05) is 27.2 Å². The smallest absolute Gasteiger partial charge is 0.193 e. The monoisotopic (exact) mass is 397 g/mol. The Morgan fingerprint density at radius 2 is 2.07 bits per heavy atom. The molecule has 1 fully saturated rings. The lowest BCUT2D eigenvalue weighted by Crippen LogP contribution is -2.47. The first-order valence-electron chi connectivity index (χ1n) is 10.5. The van der Waals surface area contributed by atoms with E-state index in [0.29, 0.717) is 5.92 Å². The molecule has 2 heterocycles. The van der Waals surface area contributed by atoms with Crippen LogP contribution in [-0.4, -0.2) is 54.0 Å². The van der Waals surface area contributed by atoms with Crippen molar-refractivity contribution >= 4 is 5.96 Å². The molecular formula is C23H35N5O. The van der Waals surface area contributed by atoms with Gasteiger partial charge >= 0.3 is 0 Å². The SMILES string of the molecule is CN=C(NCC1CCCOC1C(C)(C)C)N(C)Cc1cnn(-c2ccccc2)c1. The molecular weight excluding hydrogens is 362 g/mol. The lowest BCUT2D eigenvalue weighted by Gasteiger charge is -2.40. The molecule has 1 aliphatic heterocycles. The van der Waals surface area contributed by atoms with E-state index in [1.165, 1.54) is 6.42 Å². The van der Waals surface area contributed by atoms with Crippen molar-refractivity contribution in [3.8, 4) is 5.69 Å². The van der Waals surface area contributed by atoms with Crippen molar-refractivity contribution in [2.24, 2.45) is 16.3 Å². The van der Waals surface area contributed by atoms with E-state index in [9.17, 15) is 0 Å². The molecule has 0 radical (unpaired) electrons. The maximum absolute atomic E-state index is 6.12. The fraction of sp³-hybridized carbons (Fsp3) is 0.565. The highest BCUT2D eigenvalue weighted by atomic mass is 16.5. The highest BCUT2D eigenvalue weighted by Gasteiger charge is 2.35. The Labute approximate surface area is 175 Å². The van der Waals surface area contributed by atoms with Crippen molar-refractivity contribution in [3.63, 3.8) is 0 Å². The lowest BCUT2D eigenvalue weighted by atomic mass is 9.78. The first kappa shape index (κ1) is 21.4. The minimum absolute atomic E-state index is 0.147. The number of hydrogen-bond acceptors (Lipinski definition) is 3. The number of aliphatic imine (C=N–C) groups is 1. The molecule has 2 unspecified atom stereocenters. The van der Waals surface area contributed by atoms with Crippen molar-refractivity contribution in [2.45, 2.75) is 46.3 Å². The van der Waals surface area contributed by atoms with Crippen LogP contribution in [0.5, 0.6) is 0 Å². The summed E-state index contributed by atoms with van der Waals surface area (Å²) in [5, 5.41) is 8.06. The summed E-state index contributed by atoms with van der Waals surface area (Å²) in [6.45, 7) is 9.29. The summed E-state index contributed by atoms with van der Waals surface area (Å²) in [5.41, 5.74) is 2.36. The minimum atomic E-state index is 0.147. The second-order valence-corrected chi connectivity index (χ2v) is 8.97. The maximum Gasteiger partial charge on any atom is 0.193 e. The Bertz CT molecular complexity index is 793. The highest BCUT2D eigenvalue weighted by molar-refractivity contribution is 5.79. The first-order valence-corrected chi connectivity index (χ1v) is 10.5. The zero-order chi connectivity index (χ0) is 20.9. The van der Waals surface area contributed by atoms with Gasteiger partial charge in [-0.15, -0.1) is 0 Å². The Morgan fingerprint density at radius 3 is 2.76 bits per heavy atom. The van der Waals surface area contributed by atoms with Crippen molar-refractivity contribution in [1.29, 1.82) is 0 Å². The molecule has 0 amide bonds. The third kappa shape index (κ3) is 5.60. The summed E-state index contributed by atoms with van der Waals surface area (Å²) in [7, 11) is 3.90. The van der Waals surface area contributed by atoms with Crippen LogP contribution in [0.1, 0.15) is 39.2 Å². The van der Waals surface area contributed by atoms with Gasteiger partial charge in [-0.3, -0.25) is 4.99 Å².